The van der Waals surface area contributed by atoms with Crippen molar-refractivity contribution >= 4 is 61.0 Å². The number of para-hydroxylation sites is 1. The van der Waals surface area contributed by atoms with E-state index in [2.05, 4.69) is 15.3 Å². The topological polar surface area (TPSA) is 78.1 Å². The summed E-state index contributed by atoms with van der Waals surface area (Å²) >= 11 is 7.56. The van der Waals surface area contributed by atoms with Crippen molar-refractivity contribution in [3.63, 3.8) is 0 Å². The van der Waals surface area contributed by atoms with Gasteiger partial charge in [0.2, 0.25) is 11.8 Å². The third-order valence-corrected chi connectivity index (χ3v) is 6.68. The Kier molecular flexibility index (Phi) is 4.92. The first kappa shape index (κ1) is 19.1. The number of carbonyl (C=O) groups excluding carboxylic acids is 2. The summed E-state index contributed by atoms with van der Waals surface area (Å²) in [5.74, 6) is -0.497. The second-order valence-corrected chi connectivity index (χ2v) is 8.94. The van der Waals surface area contributed by atoms with Crippen molar-refractivity contribution in [2.75, 3.05) is 18.4 Å². The SMILES string of the molecule is O=C(Nc1nc2ccccc2s1)[C@H]1CC(=O)N(CCc2c[nH]c3ccc(Cl)cc23)C1. The van der Waals surface area contributed by atoms with Crippen LogP contribution in [0.15, 0.2) is 48.7 Å². The molecule has 1 aliphatic rings. The monoisotopic (exact) mass is 438 g/mol. The first-order valence-corrected chi connectivity index (χ1v) is 11.0. The van der Waals surface area contributed by atoms with E-state index in [-0.39, 0.29) is 24.2 Å². The molecule has 152 valence electrons. The van der Waals surface area contributed by atoms with E-state index in [1.807, 2.05) is 48.7 Å². The zero-order chi connectivity index (χ0) is 20.7. The fourth-order valence-corrected chi connectivity index (χ4v) is 4.95. The Balaban J connectivity index is 1.22. The average molecular weight is 439 g/mol. The number of aromatic amines is 1. The Morgan fingerprint density at radius 3 is 3.03 bits per heavy atom. The van der Waals surface area contributed by atoms with Gasteiger partial charge in [-0.3, -0.25) is 9.59 Å². The van der Waals surface area contributed by atoms with Crippen LogP contribution >= 0.6 is 22.9 Å². The zero-order valence-electron chi connectivity index (χ0n) is 16.0. The van der Waals surface area contributed by atoms with Crippen molar-refractivity contribution in [1.29, 1.82) is 0 Å². The highest BCUT2D eigenvalue weighted by atomic mass is 35.5. The Morgan fingerprint density at radius 1 is 1.30 bits per heavy atom. The molecule has 0 spiro atoms. The fourth-order valence-electron chi connectivity index (χ4n) is 3.91. The number of benzene rings is 2. The molecular formula is C22H19ClN4O2S. The highest BCUT2D eigenvalue weighted by molar-refractivity contribution is 7.22. The lowest BCUT2D eigenvalue weighted by Gasteiger charge is -2.16. The van der Waals surface area contributed by atoms with Crippen LogP contribution in [-0.2, 0) is 16.0 Å². The highest BCUT2D eigenvalue weighted by Gasteiger charge is 2.34. The number of nitrogens with zero attached hydrogens (tertiary/aromatic N) is 2. The van der Waals surface area contributed by atoms with Crippen molar-refractivity contribution < 1.29 is 9.59 Å². The molecule has 2 aromatic carbocycles. The van der Waals surface area contributed by atoms with E-state index >= 15 is 0 Å². The van der Waals surface area contributed by atoms with E-state index < -0.39 is 0 Å². The van der Waals surface area contributed by atoms with Gasteiger partial charge >= 0.3 is 0 Å². The van der Waals surface area contributed by atoms with E-state index in [0.29, 0.717) is 29.7 Å². The number of rotatable bonds is 5. The molecule has 8 heteroatoms. The molecule has 0 aliphatic carbocycles. The van der Waals surface area contributed by atoms with Gasteiger partial charge < -0.3 is 15.2 Å². The van der Waals surface area contributed by atoms with Crippen LogP contribution in [0, 0.1) is 5.92 Å². The minimum absolute atomic E-state index is 0.0114. The van der Waals surface area contributed by atoms with E-state index in [1.165, 1.54) is 11.3 Å². The van der Waals surface area contributed by atoms with Crippen LogP contribution in [0.4, 0.5) is 5.13 Å². The molecule has 1 aliphatic heterocycles. The van der Waals surface area contributed by atoms with Crippen LogP contribution in [0.25, 0.3) is 21.1 Å². The summed E-state index contributed by atoms with van der Waals surface area (Å²) in [6.45, 7) is 1.00. The number of aromatic nitrogens is 2. The molecule has 2 N–H and O–H groups in total. The van der Waals surface area contributed by atoms with E-state index in [0.717, 1.165) is 26.7 Å². The number of hydrogen-bond acceptors (Lipinski definition) is 4. The largest absolute Gasteiger partial charge is 0.361 e. The summed E-state index contributed by atoms with van der Waals surface area (Å²) in [5.41, 5.74) is 3.00. The number of nitrogens with one attached hydrogen (secondary N) is 2. The molecule has 6 nitrogen and oxygen atoms in total. The number of amides is 2. The van der Waals surface area contributed by atoms with Crippen LogP contribution in [0.5, 0.6) is 0 Å². The number of fused-ring (bicyclic) bond motifs is 2. The van der Waals surface area contributed by atoms with E-state index in [4.69, 9.17) is 11.6 Å². The maximum absolute atomic E-state index is 12.7. The van der Waals surface area contributed by atoms with Gasteiger partial charge in [-0.2, -0.15) is 0 Å². The summed E-state index contributed by atoms with van der Waals surface area (Å²) in [5, 5.41) is 5.21. The molecule has 4 aromatic rings. The number of hydrogen-bond donors (Lipinski definition) is 2. The van der Waals surface area contributed by atoms with Crippen LogP contribution < -0.4 is 5.32 Å². The summed E-state index contributed by atoms with van der Waals surface area (Å²) in [4.78, 5) is 34.6. The predicted molar refractivity (Wildman–Crippen MR) is 120 cm³/mol. The van der Waals surface area contributed by atoms with Gasteiger partial charge in [0.25, 0.3) is 0 Å². The van der Waals surface area contributed by atoms with Crippen molar-refractivity contribution in [3.8, 4) is 0 Å². The molecule has 0 radical (unpaired) electrons. The lowest BCUT2D eigenvalue weighted by molar-refractivity contribution is -0.128. The summed E-state index contributed by atoms with van der Waals surface area (Å²) in [6.07, 6.45) is 2.90. The van der Waals surface area contributed by atoms with Gasteiger partial charge in [0.1, 0.15) is 0 Å². The maximum Gasteiger partial charge on any atom is 0.231 e. The molecule has 0 saturated carbocycles. The van der Waals surface area contributed by atoms with Crippen LogP contribution in [0.3, 0.4) is 0 Å². The van der Waals surface area contributed by atoms with Crippen molar-refractivity contribution in [1.82, 2.24) is 14.9 Å². The maximum atomic E-state index is 12.7. The normalized spacial score (nSPS) is 16.6. The molecule has 2 amide bonds. The van der Waals surface area contributed by atoms with Gasteiger partial charge in [-0.15, -0.1) is 0 Å². The van der Waals surface area contributed by atoms with Crippen molar-refractivity contribution in [3.05, 3.63) is 59.2 Å². The third-order valence-electron chi connectivity index (χ3n) is 5.49. The lowest BCUT2D eigenvalue weighted by atomic mass is 10.1. The Bertz CT molecular complexity index is 1230. The van der Waals surface area contributed by atoms with Crippen molar-refractivity contribution in [2.24, 2.45) is 5.92 Å². The molecule has 30 heavy (non-hydrogen) atoms. The first-order chi connectivity index (χ1) is 14.6. The van der Waals surface area contributed by atoms with Gasteiger partial charge in [0.15, 0.2) is 5.13 Å². The smallest absolute Gasteiger partial charge is 0.231 e. The van der Waals surface area contributed by atoms with Gasteiger partial charge in [-0.1, -0.05) is 35.1 Å². The second-order valence-electron chi connectivity index (χ2n) is 7.47. The number of thiazole rings is 1. The van der Waals surface area contributed by atoms with Crippen LogP contribution in [-0.4, -0.2) is 39.8 Å². The zero-order valence-corrected chi connectivity index (χ0v) is 17.6. The van der Waals surface area contributed by atoms with Gasteiger partial charge in [-0.25, -0.2) is 4.98 Å². The average Bonchev–Trinajstić information content (AvgIpc) is 3.42. The summed E-state index contributed by atoms with van der Waals surface area (Å²) in [6, 6.07) is 13.5. The number of halogens is 1. The number of anilines is 1. The number of H-pyrrole nitrogens is 1. The van der Waals surface area contributed by atoms with Gasteiger partial charge in [0.05, 0.1) is 16.1 Å². The summed E-state index contributed by atoms with van der Waals surface area (Å²) < 4.78 is 1.02. The molecule has 2 aromatic heterocycles. The predicted octanol–water partition coefficient (Wildman–Crippen LogP) is 4.46. The number of carbonyl (C=O) groups is 2. The summed E-state index contributed by atoms with van der Waals surface area (Å²) in [7, 11) is 0. The Hall–Kier alpha value is -2.90. The molecule has 3 heterocycles. The third kappa shape index (κ3) is 3.66. The standard InChI is InChI=1S/C22H19ClN4O2S/c23-15-5-6-17-16(10-15)13(11-24-17)7-8-27-12-14(9-20(27)28)21(29)26-22-25-18-3-1-2-4-19(18)30-22/h1-6,10-11,14,24H,7-9,12H2,(H,25,26,29)/t14-/m0/s1. The second kappa shape index (κ2) is 7.74. The molecule has 0 bridgehead atoms. The Morgan fingerprint density at radius 2 is 2.17 bits per heavy atom. The molecule has 1 atom stereocenters. The van der Waals surface area contributed by atoms with Crippen LogP contribution in [0.1, 0.15) is 12.0 Å². The lowest BCUT2D eigenvalue weighted by Crippen LogP contribution is -2.29. The van der Waals surface area contributed by atoms with E-state index in [9.17, 15) is 9.59 Å². The molecule has 1 saturated heterocycles. The minimum Gasteiger partial charge on any atom is -0.361 e. The van der Waals surface area contributed by atoms with Crippen LogP contribution in [0.2, 0.25) is 5.02 Å². The Labute approximate surface area is 181 Å². The highest BCUT2D eigenvalue weighted by Crippen LogP contribution is 2.28. The molecular weight excluding hydrogens is 420 g/mol. The van der Waals surface area contributed by atoms with Crippen molar-refractivity contribution in [2.45, 2.75) is 12.8 Å². The quantitative estimate of drug-likeness (QED) is 0.483. The van der Waals surface area contributed by atoms with E-state index in [1.54, 1.807) is 4.90 Å². The molecule has 1 fully saturated rings. The first-order valence-electron chi connectivity index (χ1n) is 9.76. The minimum atomic E-state index is -0.359. The fraction of sp³-hybridized carbons (Fsp3) is 0.227. The molecule has 5 rings (SSSR count). The van der Waals surface area contributed by atoms with Gasteiger partial charge in [0, 0.05) is 41.6 Å². The van der Waals surface area contributed by atoms with Gasteiger partial charge in [-0.05, 0) is 42.3 Å². The number of likely N-dealkylation sites (tertiary alicyclic amines) is 1. The molecule has 0 unspecified atom stereocenters.